The number of hydrogen-bond donors (Lipinski definition) is 2. The molecule has 0 aliphatic carbocycles. The number of benzene rings is 2. The number of nitrogens with one attached hydrogen (secondary N) is 1. The van der Waals surface area contributed by atoms with Crippen LogP contribution in [0.25, 0.3) is 0 Å². The molecule has 2 N–H and O–H groups in total. The van der Waals surface area contributed by atoms with Crippen molar-refractivity contribution in [2.24, 2.45) is 0 Å². The van der Waals surface area contributed by atoms with Gasteiger partial charge >= 0.3 is 0 Å². The summed E-state index contributed by atoms with van der Waals surface area (Å²) < 4.78 is 28.0. The first-order valence-corrected chi connectivity index (χ1v) is 8.35. The van der Waals surface area contributed by atoms with Gasteiger partial charge in [0, 0.05) is 25.1 Å². The van der Waals surface area contributed by atoms with Crippen LogP contribution in [0, 0.1) is 6.92 Å². The molecule has 0 radical (unpaired) electrons. The lowest BCUT2D eigenvalue weighted by Gasteiger charge is -2.20. The van der Waals surface area contributed by atoms with Crippen LogP contribution < -0.4 is 5.32 Å². The SMILES string of the molecule is CC.Cc1cccc(CNCC(O)CC(F)(F)c2ccccc2)c1. The van der Waals surface area contributed by atoms with E-state index in [2.05, 4.69) is 5.32 Å². The highest BCUT2D eigenvalue weighted by Gasteiger charge is 2.33. The minimum absolute atomic E-state index is 0.0623. The summed E-state index contributed by atoms with van der Waals surface area (Å²) in [6.07, 6.45) is -1.68. The highest BCUT2D eigenvalue weighted by Crippen LogP contribution is 2.32. The van der Waals surface area contributed by atoms with E-state index in [1.54, 1.807) is 18.2 Å². The number of aliphatic hydroxyl groups excluding tert-OH is 1. The summed E-state index contributed by atoms with van der Waals surface area (Å²) in [5.74, 6) is -3.02. The van der Waals surface area contributed by atoms with Gasteiger partial charge in [0.25, 0.3) is 5.92 Å². The van der Waals surface area contributed by atoms with Crippen LogP contribution >= 0.6 is 0 Å². The van der Waals surface area contributed by atoms with E-state index in [1.165, 1.54) is 12.1 Å². The van der Waals surface area contributed by atoms with Crippen LogP contribution in [0.3, 0.4) is 0 Å². The molecule has 1 unspecified atom stereocenters. The zero-order valence-corrected chi connectivity index (χ0v) is 14.6. The van der Waals surface area contributed by atoms with E-state index >= 15 is 0 Å². The van der Waals surface area contributed by atoms with Crippen molar-refractivity contribution >= 4 is 0 Å². The van der Waals surface area contributed by atoms with Crippen LogP contribution in [0.2, 0.25) is 0 Å². The molecule has 0 aliphatic rings. The molecule has 0 spiro atoms. The van der Waals surface area contributed by atoms with Gasteiger partial charge in [-0.05, 0) is 12.5 Å². The quantitative estimate of drug-likeness (QED) is 0.772. The molecule has 0 heterocycles. The average Bonchev–Trinajstić information content (AvgIpc) is 2.57. The molecular weight excluding hydrogens is 308 g/mol. The van der Waals surface area contributed by atoms with Crippen molar-refractivity contribution in [1.29, 1.82) is 0 Å². The second kappa shape index (κ2) is 10.2. The number of rotatable bonds is 7. The van der Waals surface area contributed by atoms with Gasteiger partial charge < -0.3 is 10.4 Å². The molecule has 24 heavy (non-hydrogen) atoms. The third-order valence-corrected chi connectivity index (χ3v) is 3.48. The lowest BCUT2D eigenvalue weighted by Crippen LogP contribution is -2.31. The van der Waals surface area contributed by atoms with Crippen LogP contribution in [0.15, 0.2) is 54.6 Å². The summed E-state index contributed by atoms with van der Waals surface area (Å²) in [6.45, 7) is 6.69. The maximum atomic E-state index is 14.0. The fraction of sp³-hybridized carbons (Fsp3) is 0.400. The summed E-state index contributed by atoms with van der Waals surface area (Å²) in [5, 5.41) is 12.9. The molecule has 0 bridgehead atoms. The molecule has 0 amide bonds. The van der Waals surface area contributed by atoms with E-state index in [1.807, 2.05) is 45.0 Å². The van der Waals surface area contributed by atoms with Crippen molar-refractivity contribution in [2.75, 3.05) is 6.54 Å². The van der Waals surface area contributed by atoms with Gasteiger partial charge in [-0.1, -0.05) is 74.0 Å². The molecular formula is C20H27F2NO. The summed E-state index contributed by atoms with van der Waals surface area (Å²) >= 11 is 0. The Balaban J connectivity index is 0.00000139. The predicted molar refractivity (Wildman–Crippen MR) is 95.2 cm³/mol. The van der Waals surface area contributed by atoms with Crippen LogP contribution in [0.4, 0.5) is 8.78 Å². The highest BCUT2D eigenvalue weighted by atomic mass is 19.3. The molecule has 132 valence electrons. The molecule has 4 heteroatoms. The first-order chi connectivity index (χ1) is 11.5. The third kappa shape index (κ3) is 6.77. The van der Waals surface area contributed by atoms with Gasteiger partial charge in [-0.2, -0.15) is 0 Å². The summed E-state index contributed by atoms with van der Waals surface area (Å²) in [4.78, 5) is 0. The summed E-state index contributed by atoms with van der Waals surface area (Å²) in [7, 11) is 0. The fourth-order valence-corrected chi connectivity index (χ4v) is 2.37. The van der Waals surface area contributed by atoms with E-state index in [9.17, 15) is 13.9 Å². The van der Waals surface area contributed by atoms with Gasteiger partial charge in [-0.3, -0.25) is 0 Å². The fourth-order valence-electron chi connectivity index (χ4n) is 2.37. The number of aryl methyl sites for hydroxylation is 1. The van der Waals surface area contributed by atoms with E-state index in [0.717, 1.165) is 11.1 Å². The third-order valence-electron chi connectivity index (χ3n) is 3.48. The minimum Gasteiger partial charge on any atom is -0.392 e. The Morgan fingerprint density at radius 2 is 1.71 bits per heavy atom. The smallest absolute Gasteiger partial charge is 0.275 e. The second-order valence-electron chi connectivity index (χ2n) is 5.55. The van der Waals surface area contributed by atoms with E-state index in [0.29, 0.717) is 6.54 Å². The van der Waals surface area contributed by atoms with Crippen molar-refractivity contribution in [3.05, 3.63) is 71.3 Å². The topological polar surface area (TPSA) is 32.3 Å². The number of hydrogen-bond acceptors (Lipinski definition) is 2. The standard InChI is InChI=1S/C18H21F2NO.C2H6/c1-14-6-5-7-15(10-14)12-21-13-17(22)11-18(19,20)16-8-3-2-4-9-16;1-2/h2-10,17,21-22H,11-13H2,1H3;1-2H3. The van der Waals surface area contributed by atoms with Crippen LogP contribution in [-0.4, -0.2) is 17.8 Å². The van der Waals surface area contributed by atoms with E-state index < -0.39 is 18.4 Å². The van der Waals surface area contributed by atoms with Crippen LogP contribution in [-0.2, 0) is 12.5 Å². The Hall–Kier alpha value is -1.78. The van der Waals surface area contributed by atoms with Crippen LogP contribution in [0.1, 0.15) is 37.0 Å². The van der Waals surface area contributed by atoms with Gasteiger partial charge in [-0.25, -0.2) is 8.78 Å². The second-order valence-corrected chi connectivity index (χ2v) is 5.55. The number of alkyl halides is 2. The molecule has 0 aliphatic heterocycles. The van der Waals surface area contributed by atoms with Crippen molar-refractivity contribution in [1.82, 2.24) is 5.32 Å². The minimum atomic E-state index is -3.02. The molecule has 2 nitrogen and oxygen atoms in total. The summed E-state index contributed by atoms with van der Waals surface area (Å²) in [6, 6.07) is 15.5. The van der Waals surface area contributed by atoms with Crippen molar-refractivity contribution in [3.63, 3.8) is 0 Å². The number of aliphatic hydroxyl groups is 1. The summed E-state index contributed by atoms with van der Waals surface area (Å²) in [5.41, 5.74) is 2.16. The molecule has 2 aromatic rings. The maximum absolute atomic E-state index is 14.0. The molecule has 2 rings (SSSR count). The molecule has 0 saturated carbocycles. The molecule has 2 aromatic carbocycles. The monoisotopic (exact) mass is 335 g/mol. The highest BCUT2D eigenvalue weighted by molar-refractivity contribution is 5.22. The van der Waals surface area contributed by atoms with Crippen molar-refractivity contribution in [2.45, 2.75) is 45.8 Å². The molecule has 0 saturated heterocycles. The average molecular weight is 335 g/mol. The molecule has 0 fully saturated rings. The van der Waals surface area contributed by atoms with Crippen molar-refractivity contribution in [3.8, 4) is 0 Å². The van der Waals surface area contributed by atoms with Gasteiger partial charge in [-0.15, -0.1) is 0 Å². The first-order valence-electron chi connectivity index (χ1n) is 8.35. The lowest BCUT2D eigenvalue weighted by atomic mass is 10.0. The molecule has 1 atom stereocenters. The first kappa shape index (κ1) is 20.3. The van der Waals surface area contributed by atoms with E-state index in [-0.39, 0.29) is 12.1 Å². The Morgan fingerprint density at radius 3 is 2.33 bits per heavy atom. The lowest BCUT2D eigenvalue weighted by molar-refractivity contribution is -0.0493. The molecule has 0 aromatic heterocycles. The Labute approximate surface area is 143 Å². The van der Waals surface area contributed by atoms with Crippen molar-refractivity contribution < 1.29 is 13.9 Å². The zero-order valence-electron chi connectivity index (χ0n) is 14.6. The van der Waals surface area contributed by atoms with Gasteiger partial charge in [0.2, 0.25) is 0 Å². The van der Waals surface area contributed by atoms with Crippen LogP contribution in [0.5, 0.6) is 0 Å². The normalized spacial score (nSPS) is 12.2. The predicted octanol–water partition coefficient (Wildman–Crippen LogP) is 4.65. The van der Waals surface area contributed by atoms with E-state index in [4.69, 9.17) is 0 Å². The van der Waals surface area contributed by atoms with Gasteiger partial charge in [0.15, 0.2) is 0 Å². The Bertz CT molecular complexity index is 587. The largest absolute Gasteiger partial charge is 0.392 e. The van der Waals surface area contributed by atoms with Gasteiger partial charge in [0.05, 0.1) is 6.10 Å². The Morgan fingerprint density at radius 1 is 1.04 bits per heavy atom. The zero-order chi connectivity index (χ0) is 18.0. The van der Waals surface area contributed by atoms with Gasteiger partial charge in [0.1, 0.15) is 0 Å². The number of halogens is 2. The Kier molecular flexibility index (Phi) is 8.58. The maximum Gasteiger partial charge on any atom is 0.275 e.